The molecule has 0 spiro atoms. The average molecular weight is 429 g/mol. The van der Waals surface area contributed by atoms with E-state index in [0.29, 0.717) is 18.7 Å². The van der Waals surface area contributed by atoms with Gasteiger partial charge in [0.25, 0.3) is 11.8 Å². The fourth-order valence-electron chi connectivity index (χ4n) is 3.48. The Morgan fingerprint density at radius 3 is 2.47 bits per heavy atom. The normalized spacial score (nSPS) is 13.5. The third kappa shape index (κ3) is 4.80. The molecule has 8 nitrogen and oxygen atoms in total. The van der Waals surface area contributed by atoms with Crippen LogP contribution in [0, 0.1) is 6.92 Å². The number of aryl methyl sites for hydroxylation is 1. The molecule has 2 aromatic heterocycles. The van der Waals surface area contributed by atoms with Crippen LogP contribution in [0.3, 0.4) is 0 Å². The molecule has 4 rings (SSSR count). The molecular formula is C24H23N5O3. The van der Waals surface area contributed by atoms with Crippen LogP contribution in [0.15, 0.2) is 61.1 Å². The lowest BCUT2D eigenvalue weighted by atomic mass is 10.1. The Labute approximate surface area is 185 Å². The molecule has 1 fully saturated rings. The predicted molar refractivity (Wildman–Crippen MR) is 122 cm³/mol. The molecule has 1 saturated heterocycles. The van der Waals surface area contributed by atoms with Gasteiger partial charge in [-0.3, -0.25) is 24.4 Å². The second-order valence-electron chi connectivity index (χ2n) is 7.60. The Hall–Kier alpha value is -4.07. The SMILES string of the molecule is Cc1ccc(C(=O)Nc2cnccc2C(=O)Nc2ccc(N3CCCCC3=O)cc2)nc1. The number of carbonyl (C=O) groups is 3. The molecule has 0 unspecified atom stereocenters. The van der Waals surface area contributed by atoms with Crippen molar-refractivity contribution >= 4 is 34.8 Å². The molecule has 0 radical (unpaired) electrons. The van der Waals surface area contributed by atoms with Gasteiger partial charge >= 0.3 is 0 Å². The third-order valence-electron chi connectivity index (χ3n) is 5.22. The van der Waals surface area contributed by atoms with Gasteiger partial charge in [0.15, 0.2) is 0 Å². The summed E-state index contributed by atoms with van der Waals surface area (Å²) in [5, 5.41) is 5.52. The molecule has 1 aromatic carbocycles. The second kappa shape index (κ2) is 9.38. The van der Waals surface area contributed by atoms with E-state index < -0.39 is 5.91 Å². The quantitative estimate of drug-likeness (QED) is 0.642. The lowest BCUT2D eigenvalue weighted by molar-refractivity contribution is -0.119. The van der Waals surface area contributed by atoms with E-state index in [0.717, 1.165) is 24.1 Å². The molecule has 1 aliphatic heterocycles. The van der Waals surface area contributed by atoms with Crippen molar-refractivity contribution in [3.05, 3.63) is 77.9 Å². The topological polar surface area (TPSA) is 104 Å². The van der Waals surface area contributed by atoms with Gasteiger partial charge in [-0.2, -0.15) is 0 Å². The summed E-state index contributed by atoms with van der Waals surface area (Å²) < 4.78 is 0. The number of amides is 3. The molecule has 0 saturated carbocycles. The summed E-state index contributed by atoms with van der Waals surface area (Å²) in [5.41, 5.74) is 3.14. The van der Waals surface area contributed by atoms with Gasteiger partial charge in [-0.15, -0.1) is 0 Å². The molecule has 1 aliphatic rings. The molecule has 32 heavy (non-hydrogen) atoms. The van der Waals surface area contributed by atoms with Crippen molar-refractivity contribution in [3.8, 4) is 0 Å². The summed E-state index contributed by atoms with van der Waals surface area (Å²) >= 11 is 0. The first-order valence-electron chi connectivity index (χ1n) is 10.4. The van der Waals surface area contributed by atoms with Gasteiger partial charge in [0, 0.05) is 36.7 Å². The fourth-order valence-corrected chi connectivity index (χ4v) is 3.48. The minimum Gasteiger partial charge on any atom is -0.322 e. The number of aromatic nitrogens is 2. The maximum absolute atomic E-state index is 12.9. The summed E-state index contributed by atoms with van der Waals surface area (Å²) in [4.78, 5) is 47.4. The standard InChI is InChI=1S/C24H23N5O3/c1-16-5-10-20(26-14-16)24(32)28-21-15-25-12-11-19(21)23(31)27-17-6-8-18(9-7-17)29-13-3-2-4-22(29)30/h5-12,14-15H,2-4,13H2,1H3,(H,27,31)(H,28,32). The number of nitrogens with zero attached hydrogens (tertiary/aromatic N) is 3. The molecule has 2 N–H and O–H groups in total. The van der Waals surface area contributed by atoms with E-state index in [1.165, 1.54) is 18.5 Å². The van der Waals surface area contributed by atoms with E-state index >= 15 is 0 Å². The number of piperidine rings is 1. The van der Waals surface area contributed by atoms with E-state index in [9.17, 15) is 14.4 Å². The summed E-state index contributed by atoms with van der Waals surface area (Å²) in [6, 6.07) is 12.1. The van der Waals surface area contributed by atoms with Crippen LogP contribution in [0.5, 0.6) is 0 Å². The summed E-state index contributed by atoms with van der Waals surface area (Å²) in [7, 11) is 0. The Balaban J connectivity index is 1.46. The Kier molecular flexibility index (Phi) is 6.21. The van der Waals surface area contributed by atoms with Crippen LogP contribution >= 0.6 is 0 Å². The Bertz CT molecular complexity index is 1140. The van der Waals surface area contributed by atoms with Gasteiger partial charge in [0.1, 0.15) is 5.69 Å². The Morgan fingerprint density at radius 1 is 0.938 bits per heavy atom. The first-order valence-corrected chi connectivity index (χ1v) is 10.4. The largest absolute Gasteiger partial charge is 0.322 e. The highest BCUT2D eigenvalue weighted by molar-refractivity contribution is 6.12. The molecule has 0 aliphatic carbocycles. The van der Waals surface area contributed by atoms with E-state index in [1.807, 2.05) is 19.1 Å². The van der Waals surface area contributed by atoms with Crippen molar-refractivity contribution in [2.24, 2.45) is 0 Å². The number of benzene rings is 1. The lowest BCUT2D eigenvalue weighted by Gasteiger charge is -2.26. The molecule has 3 amide bonds. The Morgan fingerprint density at radius 2 is 1.75 bits per heavy atom. The molecule has 0 bridgehead atoms. The van der Waals surface area contributed by atoms with E-state index in [1.54, 1.807) is 35.4 Å². The number of hydrogen-bond donors (Lipinski definition) is 2. The summed E-state index contributed by atoms with van der Waals surface area (Å²) in [6.07, 6.45) is 6.99. The van der Waals surface area contributed by atoms with Crippen LogP contribution < -0.4 is 15.5 Å². The van der Waals surface area contributed by atoms with Gasteiger partial charge in [-0.1, -0.05) is 6.07 Å². The maximum Gasteiger partial charge on any atom is 0.274 e. The number of pyridine rings is 2. The minimum absolute atomic E-state index is 0.119. The van der Waals surface area contributed by atoms with Crippen molar-refractivity contribution in [2.45, 2.75) is 26.2 Å². The van der Waals surface area contributed by atoms with Crippen molar-refractivity contribution in [2.75, 3.05) is 22.1 Å². The lowest BCUT2D eigenvalue weighted by Crippen LogP contribution is -2.35. The molecular weight excluding hydrogens is 406 g/mol. The first-order chi connectivity index (χ1) is 15.5. The zero-order chi connectivity index (χ0) is 22.5. The molecule has 8 heteroatoms. The predicted octanol–water partition coefficient (Wildman–Crippen LogP) is 3.81. The monoisotopic (exact) mass is 429 g/mol. The van der Waals surface area contributed by atoms with Gasteiger partial charge in [-0.05, 0) is 61.7 Å². The van der Waals surface area contributed by atoms with Gasteiger partial charge < -0.3 is 15.5 Å². The zero-order valence-corrected chi connectivity index (χ0v) is 17.7. The number of carbonyl (C=O) groups excluding carboxylic acids is 3. The highest BCUT2D eigenvalue weighted by Crippen LogP contribution is 2.23. The number of nitrogens with one attached hydrogen (secondary N) is 2. The second-order valence-corrected chi connectivity index (χ2v) is 7.60. The zero-order valence-electron chi connectivity index (χ0n) is 17.7. The molecule has 3 heterocycles. The third-order valence-corrected chi connectivity index (χ3v) is 5.22. The van der Waals surface area contributed by atoms with Crippen LogP contribution in [-0.2, 0) is 4.79 Å². The van der Waals surface area contributed by atoms with E-state index in [2.05, 4.69) is 20.6 Å². The smallest absolute Gasteiger partial charge is 0.274 e. The van der Waals surface area contributed by atoms with Gasteiger partial charge in [0.2, 0.25) is 5.91 Å². The van der Waals surface area contributed by atoms with Crippen molar-refractivity contribution in [1.82, 2.24) is 9.97 Å². The average Bonchev–Trinajstić information content (AvgIpc) is 2.81. The highest BCUT2D eigenvalue weighted by Gasteiger charge is 2.20. The number of hydrogen-bond acceptors (Lipinski definition) is 5. The minimum atomic E-state index is -0.428. The van der Waals surface area contributed by atoms with Crippen molar-refractivity contribution in [1.29, 1.82) is 0 Å². The fraction of sp³-hybridized carbons (Fsp3) is 0.208. The van der Waals surface area contributed by atoms with Crippen LogP contribution in [0.2, 0.25) is 0 Å². The van der Waals surface area contributed by atoms with Gasteiger partial charge in [-0.25, -0.2) is 0 Å². The highest BCUT2D eigenvalue weighted by atomic mass is 16.2. The number of rotatable bonds is 5. The summed E-state index contributed by atoms with van der Waals surface area (Å²) in [6.45, 7) is 2.59. The van der Waals surface area contributed by atoms with Crippen LogP contribution in [0.1, 0.15) is 45.7 Å². The van der Waals surface area contributed by atoms with Crippen molar-refractivity contribution < 1.29 is 14.4 Å². The van der Waals surface area contributed by atoms with Crippen molar-refractivity contribution in [3.63, 3.8) is 0 Å². The van der Waals surface area contributed by atoms with E-state index in [-0.39, 0.29) is 28.8 Å². The van der Waals surface area contributed by atoms with Crippen LogP contribution in [-0.4, -0.2) is 34.2 Å². The van der Waals surface area contributed by atoms with Crippen LogP contribution in [0.4, 0.5) is 17.1 Å². The summed E-state index contributed by atoms with van der Waals surface area (Å²) in [5.74, 6) is -0.697. The van der Waals surface area contributed by atoms with Gasteiger partial charge in [0.05, 0.1) is 17.4 Å². The first kappa shape index (κ1) is 21.2. The van der Waals surface area contributed by atoms with E-state index in [4.69, 9.17) is 0 Å². The maximum atomic E-state index is 12.9. The molecule has 0 atom stereocenters. The van der Waals surface area contributed by atoms with Crippen LogP contribution in [0.25, 0.3) is 0 Å². The number of anilines is 3. The molecule has 3 aromatic rings. The molecule has 162 valence electrons.